The number of methoxy groups -OCH3 is 1. The van der Waals surface area contributed by atoms with Gasteiger partial charge in [-0.25, -0.2) is 4.79 Å². The number of nitrogens with one attached hydrogen (secondary N) is 1. The Balaban J connectivity index is 2.14. The lowest BCUT2D eigenvalue weighted by atomic mass is 10.1. The van der Waals surface area contributed by atoms with Gasteiger partial charge in [-0.3, -0.25) is 0 Å². The Bertz CT molecular complexity index is 1050. The molecule has 32 heavy (non-hydrogen) atoms. The van der Waals surface area contributed by atoms with Gasteiger partial charge in [0.15, 0.2) is 0 Å². The van der Waals surface area contributed by atoms with Crippen molar-refractivity contribution in [2.75, 3.05) is 39.9 Å². The van der Waals surface area contributed by atoms with Crippen LogP contribution < -0.4 is 10.1 Å². The van der Waals surface area contributed by atoms with Crippen molar-refractivity contribution in [3.8, 4) is 11.4 Å². The van der Waals surface area contributed by atoms with Crippen LogP contribution in [-0.4, -0.2) is 55.3 Å². The molecule has 3 aromatic rings. The summed E-state index contributed by atoms with van der Waals surface area (Å²) in [5.41, 5.74) is 3.37. The van der Waals surface area contributed by atoms with E-state index in [9.17, 15) is 4.79 Å². The van der Waals surface area contributed by atoms with E-state index in [4.69, 9.17) is 9.47 Å². The topological polar surface area (TPSA) is 55.7 Å². The number of esters is 1. The Morgan fingerprint density at radius 1 is 1.12 bits per heavy atom. The van der Waals surface area contributed by atoms with Crippen LogP contribution in [0.15, 0.2) is 46.9 Å². The third kappa shape index (κ3) is 5.17. The van der Waals surface area contributed by atoms with Crippen molar-refractivity contribution in [3.05, 3.63) is 58.2 Å². The molecule has 0 atom stereocenters. The number of nitrogens with zero attached hydrogens (tertiary/aromatic N) is 2. The van der Waals surface area contributed by atoms with Crippen molar-refractivity contribution in [2.45, 2.75) is 27.3 Å². The largest absolute Gasteiger partial charge is 0.496 e. The van der Waals surface area contributed by atoms with Gasteiger partial charge in [-0.15, -0.1) is 0 Å². The first kappa shape index (κ1) is 24.3. The van der Waals surface area contributed by atoms with E-state index in [2.05, 4.69) is 44.6 Å². The van der Waals surface area contributed by atoms with Crippen LogP contribution in [0.2, 0.25) is 0 Å². The van der Waals surface area contributed by atoms with Crippen LogP contribution in [0.1, 0.15) is 36.8 Å². The third-order valence-electron chi connectivity index (χ3n) is 5.62. The molecule has 0 aliphatic carbocycles. The first-order valence-electron chi connectivity index (χ1n) is 11.1. The molecule has 172 valence electrons. The number of carbonyl (C=O) groups is 1. The minimum absolute atomic E-state index is 0.319. The minimum atomic E-state index is -0.322. The number of halogens is 1. The molecule has 1 N–H and O–H groups in total. The third-order valence-corrected chi connectivity index (χ3v) is 6.24. The molecule has 1 heterocycles. The Morgan fingerprint density at radius 2 is 1.84 bits per heavy atom. The van der Waals surface area contributed by atoms with E-state index < -0.39 is 0 Å². The maximum absolute atomic E-state index is 13.1. The smallest absolute Gasteiger partial charge is 0.340 e. The van der Waals surface area contributed by atoms with Crippen LogP contribution in [0, 0.1) is 0 Å². The highest BCUT2D eigenvalue weighted by atomic mass is 79.9. The summed E-state index contributed by atoms with van der Waals surface area (Å²) >= 11 is 3.61. The highest BCUT2D eigenvalue weighted by Gasteiger charge is 2.25. The summed E-state index contributed by atoms with van der Waals surface area (Å²) in [6.07, 6.45) is 0. The lowest BCUT2D eigenvalue weighted by Crippen LogP contribution is -2.32. The first-order valence-corrected chi connectivity index (χ1v) is 11.9. The summed E-state index contributed by atoms with van der Waals surface area (Å²) in [5.74, 6) is 0.353. The van der Waals surface area contributed by atoms with Crippen molar-refractivity contribution in [1.82, 2.24) is 14.8 Å². The number of hydrogen-bond acceptors (Lipinski definition) is 5. The lowest BCUT2D eigenvalue weighted by Gasteiger charge is -2.19. The highest BCUT2D eigenvalue weighted by molar-refractivity contribution is 9.10. The number of likely N-dealkylation sites (N-methyl/N-ethyl adjacent to an activating group) is 1. The van der Waals surface area contributed by atoms with Crippen molar-refractivity contribution in [3.63, 3.8) is 0 Å². The van der Waals surface area contributed by atoms with Crippen LogP contribution in [0.25, 0.3) is 16.6 Å². The second-order valence-corrected chi connectivity index (χ2v) is 8.28. The van der Waals surface area contributed by atoms with Crippen molar-refractivity contribution in [1.29, 1.82) is 0 Å². The average Bonchev–Trinajstić information content (AvgIpc) is 3.12. The maximum Gasteiger partial charge on any atom is 0.340 e. The molecule has 0 radical (unpaired) electrons. The quantitative estimate of drug-likeness (QED) is 0.295. The average molecular weight is 502 g/mol. The van der Waals surface area contributed by atoms with Crippen LogP contribution in [-0.2, 0) is 11.3 Å². The number of para-hydroxylation sites is 1. The van der Waals surface area contributed by atoms with Crippen LogP contribution in [0.4, 0.5) is 0 Å². The second kappa shape index (κ2) is 11.5. The zero-order valence-electron chi connectivity index (χ0n) is 19.3. The second-order valence-electron chi connectivity index (χ2n) is 7.42. The molecule has 1 aromatic heterocycles. The standard InChI is InChI=1S/C25H32BrN3O3/c1-5-28(6-2)14-13-27-17-22-24(25(30)32-7-3)19-15-23(31-4)20(26)16-21(19)29(22)18-11-9-8-10-12-18/h8-12,15-16,27H,5-7,13-14,17H2,1-4H3. The summed E-state index contributed by atoms with van der Waals surface area (Å²) < 4.78 is 14.0. The number of ether oxygens (including phenoxy) is 2. The van der Waals surface area contributed by atoms with Gasteiger partial charge in [-0.1, -0.05) is 32.0 Å². The molecule has 0 saturated carbocycles. The zero-order valence-corrected chi connectivity index (χ0v) is 20.9. The summed E-state index contributed by atoms with van der Waals surface area (Å²) in [4.78, 5) is 15.5. The predicted molar refractivity (Wildman–Crippen MR) is 133 cm³/mol. The van der Waals surface area contributed by atoms with E-state index >= 15 is 0 Å². The zero-order chi connectivity index (χ0) is 23.1. The SMILES string of the molecule is CCOC(=O)c1c(CNCCN(CC)CC)n(-c2ccccc2)c2cc(Br)c(OC)cc12. The molecule has 3 rings (SSSR count). The Morgan fingerprint density at radius 3 is 2.47 bits per heavy atom. The van der Waals surface area contributed by atoms with Crippen molar-refractivity contribution in [2.24, 2.45) is 0 Å². The van der Waals surface area contributed by atoms with Crippen LogP contribution in [0.5, 0.6) is 5.75 Å². The highest BCUT2D eigenvalue weighted by Crippen LogP contribution is 2.37. The van der Waals surface area contributed by atoms with Gasteiger partial charge < -0.3 is 24.3 Å². The first-order chi connectivity index (χ1) is 15.5. The molecule has 0 aliphatic rings. The number of carbonyl (C=O) groups excluding carboxylic acids is 1. The van der Waals surface area contributed by atoms with Gasteiger partial charge in [0.25, 0.3) is 0 Å². The molecule has 0 saturated heterocycles. The van der Waals surface area contributed by atoms with E-state index in [1.807, 2.05) is 49.4 Å². The van der Waals surface area contributed by atoms with Gasteiger partial charge in [-0.05, 0) is 60.2 Å². The number of benzene rings is 2. The van der Waals surface area contributed by atoms with E-state index in [1.54, 1.807) is 7.11 Å². The number of fused-ring (bicyclic) bond motifs is 1. The van der Waals surface area contributed by atoms with Gasteiger partial charge in [0.05, 0.1) is 35.0 Å². The number of hydrogen-bond donors (Lipinski definition) is 1. The fourth-order valence-corrected chi connectivity index (χ4v) is 4.44. The number of rotatable bonds is 11. The van der Waals surface area contributed by atoms with Gasteiger partial charge >= 0.3 is 5.97 Å². The van der Waals surface area contributed by atoms with Crippen molar-refractivity contribution < 1.29 is 14.3 Å². The summed E-state index contributed by atoms with van der Waals surface area (Å²) in [6.45, 7) is 10.8. The Labute approximate surface area is 198 Å². The molecule has 6 nitrogen and oxygen atoms in total. The molecule has 0 fully saturated rings. The fourth-order valence-electron chi connectivity index (χ4n) is 3.95. The fraction of sp³-hybridized carbons (Fsp3) is 0.400. The minimum Gasteiger partial charge on any atom is -0.496 e. The summed E-state index contributed by atoms with van der Waals surface area (Å²) in [6, 6.07) is 14.0. The van der Waals surface area contributed by atoms with Gasteiger partial charge in [0.2, 0.25) is 0 Å². The summed E-state index contributed by atoms with van der Waals surface area (Å²) in [7, 11) is 1.62. The van der Waals surface area contributed by atoms with Crippen LogP contribution in [0.3, 0.4) is 0 Å². The Hall–Kier alpha value is -2.35. The molecule has 0 spiro atoms. The van der Waals surface area contributed by atoms with E-state index in [1.165, 1.54) is 0 Å². The van der Waals surface area contributed by atoms with Crippen LogP contribution >= 0.6 is 15.9 Å². The van der Waals surface area contributed by atoms with E-state index in [-0.39, 0.29) is 5.97 Å². The molecule has 2 aromatic carbocycles. The molecular formula is C25H32BrN3O3. The van der Waals surface area contributed by atoms with Crippen molar-refractivity contribution >= 4 is 32.8 Å². The monoisotopic (exact) mass is 501 g/mol. The van der Waals surface area contributed by atoms with E-state index in [0.29, 0.717) is 24.5 Å². The predicted octanol–water partition coefficient (Wildman–Crippen LogP) is 5.01. The summed E-state index contributed by atoms with van der Waals surface area (Å²) in [5, 5.41) is 4.35. The molecule has 0 bridgehead atoms. The maximum atomic E-state index is 13.1. The lowest BCUT2D eigenvalue weighted by molar-refractivity contribution is 0.0527. The molecule has 7 heteroatoms. The molecular weight excluding hydrogens is 470 g/mol. The van der Waals surface area contributed by atoms with Gasteiger partial charge in [-0.2, -0.15) is 0 Å². The molecule has 0 aliphatic heterocycles. The number of aromatic nitrogens is 1. The van der Waals surface area contributed by atoms with Gasteiger partial charge in [0, 0.05) is 30.7 Å². The van der Waals surface area contributed by atoms with E-state index in [0.717, 1.165) is 52.9 Å². The van der Waals surface area contributed by atoms with Gasteiger partial charge in [0.1, 0.15) is 5.75 Å². The Kier molecular flexibility index (Phi) is 8.73. The molecule has 0 unspecified atom stereocenters. The molecule has 0 amide bonds. The normalized spacial score (nSPS) is 11.3.